The van der Waals surface area contributed by atoms with E-state index in [4.69, 9.17) is 9.47 Å². The molecule has 0 aliphatic heterocycles. The number of rotatable bonds is 15. The highest BCUT2D eigenvalue weighted by Gasteiger charge is 2.03. The fourth-order valence-electron chi connectivity index (χ4n) is 1.74. The number of unbranched alkanes of at least 4 members (excludes halogenated alkanes) is 3. The summed E-state index contributed by atoms with van der Waals surface area (Å²) in [7, 11) is 0. The second-order valence-corrected chi connectivity index (χ2v) is 5.79. The quantitative estimate of drug-likeness (QED) is 0.455. The molecule has 0 bridgehead atoms. The Kier molecular flexibility index (Phi) is 15.1. The minimum Gasteiger partial charge on any atom is -0.389 e. The molecule has 0 fully saturated rings. The Morgan fingerprint density at radius 1 is 1.00 bits per heavy atom. The van der Waals surface area contributed by atoms with Gasteiger partial charge >= 0.3 is 0 Å². The third kappa shape index (κ3) is 15.9. The van der Waals surface area contributed by atoms with Crippen LogP contribution in [0.2, 0.25) is 0 Å². The third-order valence-electron chi connectivity index (χ3n) is 3.10. The Bertz CT molecular complexity index is 189. The van der Waals surface area contributed by atoms with Crippen LogP contribution in [-0.4, -0.2) is 50.7 Å². The van der Waals surface area contributed by atoms with E-state index in [1.807, 2.05) is 0 Å². The number of aliphatic hydroxyl groups excluding tert-OH is 1. The minimum absolute atomic E-state index is 0.420. The summed E-state index contributed by atoms with van der Waals surface area (Å²) >= 11 is 0. The van der Waals surface area contributed by atoms with Gasteiger partial charge in [-0.2, -0.15) is 0 Å². The average molecular weight is 289 g/mol. The zero-order valence-corrected chi connectivity index (χ0v) is 13.7. The molecule has 20 heavy (non-hydrogen) atoms. The zero-order chi connectivity index (χ0) is 15.1. The SMILES string of the molecule is CCCCCCOCC(O)CNCCOCCC(C)C. The molecule has 0 aliphatic rings. The van der Waals surface area contributed by atoms with Crippen molar-refractivity contribution in [3.8, 4) is 0 Å². The second-order valence-electron chi connectivity index (χ2n) is 5.79. The molecule has 0 spiro atoms. The van der Waals surface area contributed by atoms with Crippen LogP contribution in [-0.2, 0) is 9.47 Å². The number of nitrogens with one attached hydrogen (secondary N) is 1. The van der Waals surface area contributed by atoms with Gasteiger partial charge in [0.2, 0.25) is 0 Å². The molecule has 1 unspecified atom stereocenters. The Balaban J connectivity index is 3.14. The maximum Gasteiger partial charge on any atom is 0.0897 e. The Hall–Kier alpha value is -0.160. The van der Waals surface area contributed by atoms with Crippen molar-refractivity contribution in [2.75, 3.05) is 39.5 Å². The van der Waals surface area contributed by atoms with Crippen molar-refractivity contribution in [2.45, 2.75) is 59.0 Å². The number of ether oxygens (including phenoxy) is 2. The van der Waals surface area contributed by atoms with Gasteiger partial charge in [-0.15, -0.1) is 0 Å². The van der Waals surface area contributed by atoms with Gasteiger partial charge in [-0.05, 0) is 18.8 Å². The molecule has 0 aromatic rings. The van der Waals surface area contributed by atoms with Crippen molar-refractivity contribution in [3.05, 3.63) is 0 Å². The van der Waals surface area contributed by atoms with Crippen molar-refractivity contribution in [1.29, 1.82) is 0 Å². The Labute approximate surface area is 125 Å². The van der Waals surface area contributed by atoms with Crippen molar-refractivity contribution < 1.29 is 14.6 Å². The largest absolute Gasteiger partial charge is 0.389 e. The molecule has 1 atom stereocenters. The highest BCUT2D eigenvalue weighted by Crippen LogP contribution is 1.99. The summed E-state index contributed by atoms with van der Waals surface area (Å²) in [5, 5.41) is 12.9. The summed E-state index contributed by atoms with van der Waals surface area (Å²) in [6.45, 7) is 10.7. The van der Waals surface area contributed by atoms with E-state index in [2.05, 4.69) is 26.1 Å². The van der Waals surface area contributed by atoms with Gasteiger partial charge in [0.15, 0.2) is 0 Å². The van der Waals surface area contributed by atoms with Gasteiger partial charge in [0.1, 0.15) is 0 Å². The van der Waals surface area contributed by atoms with Crippen LogP contribution < -0.4 is 5.32 Å². The van der Waals surface area contributed by atoms with Crippen molar-refractivity contribution in [2.24, 2.45) is 5.92 Å². The van der Waals surface area contributed by atoms with Gasteiger partial charge in [0.05, 0.1) is 19.3 Å². The number of hydrogen-bond donors (Lipinski definition) is 2. The Morgan fingerprint density at radius 3 is 2.50 bits per heavy atom. The fourth-order valence-corrected chi connectivity index (χ4v) is 1.74. The summed E-state index contributed by atoms with van der Waals surface area (Å²) < 4.78 is 10.9. The molecule has 4 heteroatoms. The smallest absolute Gasteiger partial charge is 0.0897 e. The van der Waals surface area contributed by atoms with Crippen LogP contribution >= 0.6 is 0 Å². The molecule has 4 nitrogen and oxygen atoms in total. The van der Waals surface area contributed by atoms with Crippen LogP contribution in [0.1, 0.15) is 52.9 Å². The van der Waals surface area contributed by atoms with Crippen molar-refractivity contribution in [3.63, 3.8) is 0 Å². The molecule has 0 aliphatic carbocycles. The highest BCUT2D eigenvalue weighted by molar-refractivity contribution is 4.58. The number of hydrogen-bond acceptors (Lipinski definition) is 4. The van der Waals surface area contributed by atoms with E-state index < -0.39 is 6.10 Å². The molecule has 0 saturated carbocycles. The topological polar surface area (TPSA) is 50.7 Å². The molecule has 0 rings (SSSR count). The lowest BCUT2D eigenvalue weighted by Crippen LogP contribution is -2.32. The van der Waals surface area contributed by atoms with E-state index in [1.165, 1.54) is 19.3 Å². The normalized spacial score (nSPS) is 13.1. The summed E-state index contributed by atoms with van der Waals surface area (Å²) in [5.74, 6) is 0.694. The van der Waals surface area contributed by atoms with E-state index in [1.54, 1.807) is 0 Å². The van der Waals surface area contributed by atoms with Gasteiger partial charge in [0, 0.05) is 26.3 Å². The van der Waals surface area contributed by atoms with E-state index in [-0.39, 0.29) is 0 Å². The molecule has 0 saturated heterocycles. The summed E-state index contributed by atoms with van der Waals surface area (Å²) in [4.78, 5) is 0. The predicted molar refractivity (Wildman–Crippen MR) is 84.1 cm³/mol. The second kappa shape index (κ2) is 15.2. The molecule has 2 N–H and O–H groups in total. The van der Waals surface area contributed by atoms with E-state index in [0.29, 0.717) is 25.7 Å². The highest BCUT2D eigenvalue weighted by atomic mass is 16.5. The summed E-state index contributed by atoms with van der Waals surface area (Å²) in [6.07, 6.45) is 5.51. The first-order valence-corrected chi connectivity index (χ1v) is 8.21. The molecule has 122 valence electrons. The minimum atomic E-state index is -0.420. The maximum absolute atomic E-state index is 9.70. The molecule has 0 amide bonds. The van der Waals surface area contributed by atoms with Gasteiger partial charge < -0.3 is 19.9 Å². The standard InChI is InChI=1S/C16H35NO3/c1-4-5-6-7-10-20-14-16(18)13-17-9-12-19-11-8-15(2)3/h15-18H,4-14H2,1-3H3. The lowest BCUT2D eigenvalue weighted by molar-refractivity contribution is 0.0341. The summed E-state index contributed by atoms with van der Waals surface area (Å²) in [6, 6.07) is 0. The first-order chi connectivity index (χ1) is 9.66. The molecule has 0 aromatic carbocycles. The average Bonchev–Trinajstić information content (AvgIpc) is 2.41. The van der Waals surface area contributed by atoms with E-state index in [0.717, 1.165) is 32.6 Å². The van der Waals surface area contributed by atoms with Crippen LogP contribution in [0.4, 0.5) is 0 Å². The van der Waals surface area contributed by atoms with Crippen LogP contribution in [0.5, 0.6) is 0 Å². The third-order valence-corrected chi connectivity index (χ3v) is 3.10. The van der Waals surface area contributed by atoms with Gasteiger partial charge in [-0.25, -0.2) is 0 Å². The van der Waals surface area contributed by atoms with Gasteiger partial charge in [-0.1, -0.05) is 40.0 Å². The molecule has 0 radical (unpaired) electrons. The van der Waals surface area contributed by atoms with Gasteiger partial charge in [0.25, 0.3) is 0 Å². The molecule has 0 aromatic heterocycles. The number of aliphatic hydroxyl groups is 1. The van der Waals surface area contributed by atoms with E-state index >= 15 is 0 Å². The molecule has 0 heterocycles. The van der Waals surface area contributed by atoms with Crippen molar-refractivity contribution in [1.82, 2.24) is 5.32 Å². The zero-order valence-electron chi connectivity index (χ0n) is 13.7. The lowest BCUT2D eigenvalue weighted by Gasteiger charge is -2.12. The van der Waals surface area contributed by atoms with Crippen LogP contribution in [0.15, 0.2) is 0 Å². The fraction of sp³-hybridized carbons (Fsp3) is 1.00. The summed E-state index contributed by atoms with van der Waals surface area (Å²) in [5.41, 5.74) is 0. The monoisotopic (exact) mass is 289 g/mol. The van der Waals surface area contributed by atoms with E-state index in [9.17, 15) is 5.11 Å². The predicted octanol–water partition coefficient (Wildman–Crippen LogP) is 2.60. The van der Waals surface area contributed by atoms with Gasteiger partial charge in [-0.3, -0.25) is 0 Å². The first kappa shape index (κ1) is 19.8. The Morgan fingerprint density at radius 2 is 1.80 bits per heavy atom. The molecular formula is C16H35NO3. The lowest BCUT2D eigenvalue weighted by atomic mass is 10.1. The van der Waals surface area contributed by atoms with Crippen LogP contribution in [0, 0.1) is 5.92 Å². The van der Waals surface area contributed by atoms with Crippen LogP contribution in [0.25, 0.3) is 0 Å². The van der Waals surface area contributed by atoms with Crippen LogP contribution in [0.3, 0.4) is 0 Å². The molecular weight excluding hydrogens is 254 g/mol. The maximum atomic E-state index is 9.70. The first-order valence-electron chi connectivity index (χ1n) is 8.21. The van der Waals surface area contributed by atoms with Crippen molar-refractivity contribution >= 4 is 0 Å².